The van der Waals surface area contributed by atoms with E-state index in [0.29, 0.717) is 35.3 Å². The van der Waals surface area contributed by atoms with Gasteiger partial charge < -0.3 is 14.8 Å². The maximum atomic E-state index is 12.2. The molecule has 1 fully saturated rings. The summed E-state index contributed by atoms with van der Waals surface area (Å²) in [6, 6.07) is 1.44. The Kier molecular flexibility index (Phi) is 4.37. The fourth-order valence-electron chi connectivity index (χ4n) is 2.97. The molecule has 0 spiro atoms. The number of aromatic nitrogens is 6. The van der Waals surface area contributed by atoms with E-state index in [1.54, 1.807) is 6.20 Å². The standard InChI is InChI=1S/C15H17F2N7O2/c1-8(9-2-3-25-7-9)24-14-10(5-19-24)18-6-12(21-14)20-11-4-13(23-22-11)26-15(16)17/h4-6,8-9,15H,2-3,7H2,1H3,(H2,20,21,22,23)/t8?,9-/m1/s1. The second-order valence-electron chi connectivity index (χ2n) is 6.04. The Hall–Kier alpha value is -2.82. The number of aromatic amines is 1. The van der Waals surface area contributed by atoms with Crippen molar-refractivity contribution in [3.8, 4) is 5.88 Å². The van der Waals surface area contributed by atoms with Gasteiger partial charge in [-0.2, -0.15) is 13.9 Å². The number of hydrogen-bond acceptors (Lipinski definition) is 7. The average Bonchev–Trinajstić information content (AvgIpc) is 3.34. The lowest BCUT2D eigenvalue weighted by atomic mass is 10.0. The van der Waals surface area contributed by atoms with Gasteiger partial charge in [0.2, 0.25) is 5.88 Å². The van der Waals surface area contributed by atoms with Crippen LogP contribution in [0.3, 0.4) is 0 Å². The highest BCUT2D eigenvalue weighted by atomic mass is 19.3. The van der Waals surface area contributed by atoms with Gasteiger partial charge in [-0.3, -0.25) is 5.10 Å². The molecule has 3 aromatic rings. The zero-order valence-corrected chi connectivity index (χ0v) is 13.9. The lowest BCUT2D eigenvalue weighted by Crippen LogP contribution is -2.18. The highest BCUT2D eigenvalue weighted by molar-refractivity contribution is 5.72. The molecule has 26 heavy (non-hydrogen) atoms. The lowest BCUT2D eigenvalue weighted by Gasteiger charge is -2.18. The number of rotatable bonds is 6. The van der Waals surface area contributed by atoms with Crippen molar-refractivity contribution in [2.75, 3.05) is 18.5 Å². The summed E-state index contributed by atoms with van der Waals surface area (Å²) in [6.45, 7) is 0.610. The average molecular weight is 365 g/mol. The van der Waals surface area contributed by atoms with E-state index in [0.717, 1.165) is 13.0 Å². The van der Waals surface area contributed by atoms with Crippen LogP contribution in [0, 0.1) is 5.92 Å². The summed E-state index contributed by atoms with van der Waals surface area (Å²) in [6.07, 6.45) is 4.18. The van der Waals surface area contributed by atoms with E-state index in [-0.39, 0.29) is 11.9 Å². The van der Waals surface area contributed by atoms with Crippen LogP contribution in [0.1, 0.15) is 19.4 Å². The molecule has 2 N–H and O–H groups in total. The van der Waals surface area contributed by atoms with Crippen LogP contribution in [-0.2, 0) is 4.74 Å². The van der Waals surface area contributed by atoms with Crippen LogP contribution in [0.4, 0.5) is 20.4 Å². The SMILES string of the molecule is CC([C@@H]1CCOC1)n1ncc2ncc(Nc3cc(OC(F)F)n[nH]3)nc21. The summed E-state index contributed by atoms with van der Waals surface area (Å²) >= 11 is 0. The fraction of sp³-hybridized carbons (Fsp3) is 0.467. The van der Waals surface area contributed by atoms with Crippen LogP contribution in [0.5, 0.6) is 5.88 Å². The zero-order valence-electron chi connectivity index (χ0n) is 13.9. The predicted octanol–water partition coefficient (Wildman–Crippen LogP) is 2.49. The minimum absolute atomic E-state index is 0.123. The van der Waals surface area contributed by atoms with Crippen molar-refractivity contribution in [1.29, 1.82) is 0 Å². The molecule has 9 nitrogen and oxygen atoms in total. The first-order valence-corrected chi connectivity index (χ1v) is 8.15. The van der Waals surface area contributed by atoms with Gasteiger partial charge in [-0.25, -0.2) is 14.6 Å². The molecule has 0 aromatic carbocycles. The third-order valence-electron chi connectivity index (χ3n) is 4.36. The number of nitrogens with one attached hydrogen (secondary N) is 2. The van der Waals surface area contributed by atoms with Gasteiger partial charge in [-0.15, -0.1) is 5.10 Å². The number of ether oxygens (including phenoxy) is 2. The third-order valence-corrected chi connectivity index (χ3v) is 4.36. The minimum atomic E-state index is -2.93. The highest BCUT2D eigenvalue weighted by Crippen LogP contribution is 2.28. The number of hydrogen-bond donors (Lipinski definition) is 2. The monoisotopic (exact) mass is 365 g/mol. The molecule has 138 valence electrons. The molecule has 0 aliphatic carbocycles. The molecule has 3 aromatic heterocycles. The summed E-state index contributed by atoms with van der Waals surface area (Å²) in [7, 11) is 0. The van der Waals surface area contributed by atoms with Crippen molar-refractivity contribution in [1.82, 2.24) is 29.9 Å². The molecule has 1 aliphatic heterocycles. The maximum Gasteiger partial charge on any atom is 0.388 e. The molecule has 1 saturated heterocycles. The second kappa shape index (κ2) is 6.83. The number of nitrogens with zero attached hydrogens (tertiary/aromatic N) is 5. The lowest BCUT2D eigenvalue weighted by molar-refractivity contribution is -0.0528. The van der Waals surface area contributed by atoms with Crippen molar-refractivity contribution in [2.24, 2.45) is 5.92 Å². The van der Waals surface area contributed by atoms with Crippen LogP contribution in [0.25, 0.3) is 11.2 Å². The number of H-pyrrole nitrogens is 1. The van der Waals surface area contributed by atoms with Crippen molar-refractivity contribution >= 4 is 22.8 Å². The summed E-state index contributed by atoms with van der Waals surface area (Å²) in [5.41, 5.74) is 1.31. The Morgan fingerprint density at radius 1 is 1.42 bits per heavy atom. The van der Waals surface area contributed by atoms with Crippen molar-refractivity contribution in [2.45, 2.75) is 26.0 Å². The van der Waals surface area contributed by atoms with Crippen LogP contribution < -0.4 is 10.1 Å². The summed E-state index contributed by atoms with van der Waals surface area (Å²) in [5.74, 6) is 0.952. The predicted molar refractivity (Wildman–Crippen MR) is 87.5 cm³/mol. The Morgan fingerprint density at radius 3 is 3.08 bits per heavy atom. The molecule has 11 heteroatoms. The van der Waals surface area contributed by atoms with Gasteiger partial charge in [-0.05, 0) is 13.3 Å². The van der Waals surface area contributed by atoms with E-state index < -0.39 is 6.61 Å². The largest absolute Gasteiger partial charge is 0.415 e. The summed E-state index contributed by atoms with van der Waals surface area (Å²) in [5, 5.41) is 13.5. The van der Waals surface area contributed by atoms with Gasteiger partial charge in [0, 0.05) is 18.6 Å². The van der Waals surface area contributed by atoms with Crippen LogP contribution in [0.2, 0.25) is 0 Å². The van der Waals surface area contributed by atoms with E-state index >= 15 is 0 Å². The Labute approximate surface area is 146 Å². The molecule has 0 radical (unpaired) electrons. The first-order chi connectivity index (χ1) is 12.6. The molecule has 0 bridgehead atoms. The van der Waals surface area contributed by atoms with Gasteiger partial charge in [0.1, 0.15) is 11.3 Å². The Morgan fingerprint density at radius 2 is 2.31 bits per heavy atom. The van der Waals surface area contributed by atoms with E-state index in [9.17, 15) is 8.78 Å². The molecule has 1 unspecified atom stereocenters. The number of alkyl halides is 2. The molecule has 1 aliphatic rings. The highest BCUT2D eigenvalue weighted by Gasteiger charge is 2.26. The molecule has 4 rings (SSSR count). The van der Waals surface area contributed by atoms with Crippen molar-refractivity contribution < 1.29 is 18.3 Å². The number of anilines is 2. The quantitative estimate of drug-likeness (QED) is 0.692. The van der Waals surface area contributed by atoms with Gasteiger partial charge >= 0.3 is 6.61 Å². The molecular weight excluding hydrogens is 348 g/mol. The Balaban J connectivity index is 1.56. The second-order valence-corrected chi connectivity index (χ2v) is 6.04. The van der Waals surface area contributed by atoms with E-state index in [1.807, 2.05) is 4.68 Å². The van der Waals surface area contributed by atoms with E-state index in [1.165, 1.54) is 12.3 Å². The first kappa shape index (κ1) is 16.6. The first-order valence-electron chi connectivity index (χ1n) is 8.15. The normalized spacial score (nSPS) is 18.5. The molecule has 0 amide bonds. The van der Waals surface area contributed by atoms with Crippen LogP contribution in [-0.4, -0.2) is 49.8 Å². The van der Waals surface area contributed by atoms with Gasteiger partial charge in [0.15, 0.2) is 11.5 Å². The van der Waals surface area contributed by atoms with Crippen LogP contribution >= 0.6 is 0 Å². The van der Waals surface area contributed by atoms with E-state index in [2.05, 4.69) is 42.2 Å². The molecule has 4 heterocycles. The van der Waals surface area contributed by atoms with Crippen LogP contribution in [0.15, 0.2) is 18.5 Å². The number of fused-ring (bicyclic) bond motifs is 1. The smallest absolute Gasteiger partial charge is 0.388 e. The summed E-state index contributed by atoms with van der Waals surface area (Å²) < 4.78 is 35.9. The van der Waals surface area contributed by atoms with Crippen molar-refractivity contribution in [3.05, 3.63) is 18.5 Å². The van der Waals surface area contributed by atoms with Gasteiger partial charge in [0.05, 0.1) is 25.0 Å². The molecule has 0 saturated carbocycles. The minimum Gasteiger partial charge on any atom is -0.415 e. The molecule has 2 atom stereocenters. The fourth-order valence-corrected chi connectivity index (χ4v) is 2.97. The van der Waals surface area contributed by atoms with E-state index in [4.69, 9.17) is 4.74 Å². The number of halogens is 2. The maximum absolute atomic E-state index is 12.2. The Bertz CT molecular complexity index is 891. The topological polar surface area (TPSA) is 103 Å². The third kappa shape index (κ3) is 3.29. The molecular formula is C15H17F2N7O2. The van der Waals surface area contributed by atoms with Gasteiger partial charge in [-0.1, -0.05) is 0 Å². The van der Waals surface area contributed by atoms with Gasteiger partial charge in [0.25, 0.3) is 0 Å². The zero-order chi connectivity index (χ0) is 18.1. The van der Waals surface area contributed by atoms with Crippen molar-refractivity contribution in [3.63, 3.8) is 0 Å². The summed E-state index contributed by atoms with van der Waals surface area (Å²) in [4.78, 5) is 8.88.